The van der Waals surface area contributed by atoms with Gasteiger partial charge in [-0.1, -0.05) is 0 Å². The number of aryl methyl sites for hydroxylation is 2. The Morgan fingerprint density at radius 1 is 1.53 bits per heavy atom. The van der Waals surface area contributed by atoms with Crippen molar-refractivity contribution in [3.63, 3.8) is 0 Å². The zero-order valence-corrected chi connectivity index (χ0v) is 10.2. The predicted octanol–water partition coefficient (Wildman–Crippen LogP) is 2.99. The molecule has 2 aromatic heterocycles. The Bertz CT molecular complexity index is 441. The van der Waals surface area contributed by atoms with Crippen molar-refractivity contribution in [1.29, 1.82) is 0 Å². The smallest absolute Gasteiger partial charge is 0.136 e. The largest absolute Gasteiger partial charge is 0.466 e. The van der Waals surface area contributed by atoms with Crippen molar-refractivity contribution in [1.82, 2.24) is 10.2 Å². The van der Waals surface area contributed by atoms with Crippen LogP contribution in [-0.4, -0.2) is 10.2 Å². The van der Waals surface area contributed by atoms with Crippen LogP contribution in [0.5, 0.6) is 0 Å². The van der Waals surface area contributed by atoms with Gasteiger partial charge < -0.3 is 9.73 Å². The number of nitrogens with one attached hydrogen (secondary N) is 2. The summed E-state index contributed by atoms with van der Waals surface area (Å²) in [6.07, 6.45) is 1.66. The maximum atomic E-state index is 5.30. The molecule has 2 heterocycles. The number of aromatic amines is 1. The standard InChI is InChI=1S/C10H12BrN3O/c1-6-10(7(2)14-13-6)12-5-9-8(11)3-4-15-9/h3-4,12H,5H2,1-2H3,(H,13,14). The van der Waals surface area contributed by atoms with Gasteiger partial charge in [0.15, 0.2) is 0 Å². The van der Waals surface area contributed by atoms with E-state index in [4.69, 9.17) is 4.42 Å². The van der Waals surface area contributed by atoms with E-state index in [0.717, 1.165) is 27.3 Å². The van der Waals surface area contributed by atoms with Gasteiger partial charge in [0.25, 0.3) is 0 Å². The summed E-state index contributed by atoms with van der Waals surface area (Å²) in [5.74, 6) is 0.884. The summed E-state index contributed by atoms with van der Waals surface area (Å²) >= 11 is 3.41. The van der Waals surface area contributed by atoms with Crippen LogP contribution in [0.2, 0.25) is 0 Å². The summed E-state index contributed by atoms with van der Waals surface area (Å²) in [7, 11) is 0. The van der Waals surface area contributed by atoms with Gasteiger partial charge >= 0.3 is 0 Å². The molecule has 0 aliphatic carbocycles. The van der Waals surface area contributed by atoms with Crippen LogP contribution in [0.4, 0.5) is 5.69 Å². The molecule has 2 rings (SSSR count). The van der Waals surface area contributed by atoms with Gasteiger partial charge in [0.05, 0.1) is 34.4 Å². The molecule has 4 nitrogen and oxygen atoms in total. The fourth-order valence-corrected chi connectivity index (χ4v) is 1.77. The van der Waals surface area contributed by atoms with E-state index >= 15 is 0 Å². The van der Waals surface area contributed by atoms with E-state index in [1.54, 1.807) is 6.26 Å². The Morgan fingerprint density at radius 2 is 2.33 bits per heavy atom. The Hall–Kier alpha value is -1.23. The van der Waals surface area contributed by atoms with E-state index in [1.807, 2.05) is 19.9 Å². The molecule has 0 radical (unpaired) electrons. The molecule has 0 aromatic carbocycles. The van der Waals surface area contributed by atoms with Crippen LogP contribution in [0, 0.1) is 13.8 Å². The molecular formula is C10H12BrN3O. The van der Waals surface area contributed by atoms with Crippen LogP contribution < -0.4 is 5.32 Å². The van der Waals surface area contributed by atoms with Gasteiger partial charge in [-0.15, -0.1) is 0 Å². The number of halogens is 1. The average molecular weight is 270 g/mol. The van der Waals surface area contributed by atoms with Crippen molar-refractivity contribution in [2.45, 2.75) is 20.4 Å². The third-order valence-corrected chi connectivity index (χ3v) is 2.95. The molecule has 0 fully saturated rings. The molecule has 15 heavy (non-hydrogen) atoms. The van der Waals surface area contributed by atoms with Gasteiger partial charge in [0.1, 0.15) is 5.76 Å². The fraction of sp³-hybridized carbons (Fsp3) is 0.300. The predicted molar refractivity (Wildman–Crippen MR) is 61.8 cm³/mol. The fourth-order valence-electron chi connectivity index (χ4n) is 1.43. The van der Waals surface area contributed by atoms with E-state index in [2.05, 4.69) is 31.4 Å². The molecule has 80 valence electrons. The van der Waals surface area contributed by atoms with Gasteiger partial charge in [-0.25, -0.2) is 0 Å². The Kier molecular flexibility index (Phi) is 2.81. The summed E-state index contributed by atoms with van der Waals surface area (Å²) < 4.78 is 6.28. The maximum absolute atomic E-state index is 5.30. The second-order valence-corrected chi connectivity index (χ2v) is 4.21. The normalized spacial score (nSPS) is 10.6. The average Bonchev–Trinajstić information content (AvgIpc) is 2.73. The summed E-state index contributed by atoms with van der Waals surface area (Å²) in [5.41, 5.74) is 3.05. The zero-order valence-electron chi connectivity index (χ0n) is 8.60. The second-order valence-electron chi connectivity index (χ2n) is 3.35. The van der Waals surface area contributed by atoms with E-state index in [9.17, 15) is 0 Å². The summed E-state index contributed by atoms with van der Waals surface area (Å²) in [6, 6.07) is 1.88. The minimum absolute atomic E-state index is 0.648. The minimum atomic E-state index is 0.648. The highest BCUT2D eigenvalue weighted by atomic mass is 79.9. The number of anilines is 1. The molecule has 2 N–H and O–H groups in total. The number of hydrogen-bond donors (Lipinski definition) is 2. The molecular weight excluding hydrogens is 258 g/mol. The Morgan fingerprint density at radius 3 is 2.87 bits per heavy atom. The van der Waals surface area contributed by atoms with Crippen LogP contribution in [0.3, 0.4) is 0 Å². The molecule has 5 heteroatoms. The zero-order chi connectivity index (χ0) is 10.8. The quantitative estimate of drug-likeness (QED) is 0.901. The third-order valence-electron chi connectivity index (χ3n) is 2.24. The molecule has 0 saturated heterocycles. The van der Waals surface area contributed by atoms with Crippen molar-refractivity contribution in [2.24, 2.45) is 0 Å². The lowest BCUT2D eigenvalue weighted by Gasteiger charge is -2.04. The first-order chi connectivity index (χ1) is 7.18. The number of hydrogen-bond acceptors (Lipinski definition) is 3. The van der Waals surface area contributed by atoms with Gasteiger partial charge in [-0.05, 0) is 35.8 Å². The Balaban J connectivity index is 2.08. The highest BCUT2D eigenvalue weighted by molar-refractivity contribution is 9.10. The first kappa shape index (κ1) is 10.3. The number of nitrogens with zero attached hydrogens (tertiary/aromatic N) is 1. The van der Waals surface area contributed by atoms with Gasteiger partial charge in [0, 0.05) is 0 Å². The second kappa shape index (κ2) is 4.10. The lowest BCUT2D eigenvalue weighted by atomic mass is 10.3. The molecule has 0 aliphatic rings. The van der Waals surface area contributed by atoms with Gasteiger partial charge in [-0.2, -0.15) is 5.10 Å². The van der Waals surface area contributed by atoms with Crippen molar-refractivity contribution in [2.75, 3.05) is 5.32 Å². The molecule has 0 aliphatic heterocycles. The minimum Gasteiger partial charge on any atom is -0.466 e. The van der Waals surface area contributed by atoms with Gasteiger partial charge in [-0.3, -0.25) is 5.10 Å². The number of rotatable bonds is 3. The van der Waals surface area contributed by atoms with Crippen LogP contribution in [0.25, 0.3) is 0 Å². The molecule has 2 aromatic rings. The molecule has 0 saturated carbocycles. The van der Waals surface area contributed by atoms with Crippen molar-refractivity contribution >= 4 is 21.6 Å². The van der Waals surface area contributed by atoms with E-state index in [-0.39, 0.29) is 0 Å². The first-order valence-corrected chi connectivity index (χ1v) is 5.45. The van der Waals surface area contributed by atoms with E-state index in [0.29, 0.717) is 6.54 Å². The first-order valence-electron chi connectivity index (χ1n) is 4.66. The van der Waals surface area contributed by atoms with Crippen molar-refractivity contribution < 1.29 is 4.42 Å². The van der Waals surface area contributed by atoms with Gasteiger partial charge in [0.2, 0.25) is 0 Å². The Labute approximate surface area is 96.2 Å². The van der Waals surface area contributed by atoms with Crippen LogP contribution >= 0.6 is 15.9 Å². The summed E-state index contributed by atoms with van der Waals surface area (Å²) in [5, 5.41) is 10.3. The monoisotopic (exact) mass is 269 g/mol. The number of aromatic nitrogens is 2. The summed E-state index contributed by atoms with van der Waals surface area (Å²) in [6.45, 7) is 4.59. The molecule has 0 atom stereocenters. The van der Waals surface area contributed by atoms with E-state index < -0.39 is 0 Å². The molecule has 0 unspecified atom stereocenters. The maximum Gasteiger partial charge on any atom is 0.136 e. The number of H-pyrrole nitrogens is 1. The number of furan rings is 1. The van der Waals surface area contributed by atoms with Crippen LogP contribution in [-0.2, 0) is 6.54 Å². The van der Waals surface area contributed by atoms with Crippen molar-refractivity contribution in [3.05, 3.63) is 34.0 Å². The molecule has 0 spiro atoms. The highest BCUT2D eigenvalue weighted by Crippen LogP contribution is 2.21. The molecule has 0 amide bonds. The SMILES string of the molecule is Cc1n[nH]c(C)c1NCc1occc1Br. The van der Waals surface area contributed by atoms with E-state index in [1.165, 1.54) is 0 Å². The lowest BCUT2D eigenvalue weighted by Crippen LogP contribution is -2.00. The lowest BCUT2D eigenvalue weighted by molar-refractivity contribution is 0.516. The molecule has 0 bridgehead atoms. The third kappa shape index (κ3) is 2.07. The van der Waals surface area contributed by atoms with Crippen LogP contribution in [0.15, 0.2) is 21.2 Å². The summed E-state index contributed by atoms with van der Waals surface area (Å²) in [4.78, 5) is 0. The highest BCUT2D eigenvalue weighted by Gasteiger charge is 2.08. The van der Waals surface area contributed by atoms with Crippen molar-refractivity contribution in [3.8, 4) is 0 Å². The topological polar surface area (TPSA) is 53.9 Å². The van der Waals surface area contributed by atoms with Crippen LogP contribution in [0.1, 0.15) is 17.1 Å².